The predicted molar refractivity (Wildman–Crippen MR) is 85.5 cm³/mol. The Balaban J connectivity index is 2.04. The van der Waals surface area contributed by atoms with Crippen LogP contribution in [0.1, 0.15) is 43.1 Å². The topological polar surface area (TPSA) is 39.1 Å². The van der Waals surface area contributed by atoms with Crippen molar-refractivity contribution in [2.24, 2.45) is 0 Å². The Kier molecular flexibility index (Phi) is 5.39. The molecular formula is C17H25N3O. The van der Waals surface area contributed by atoms with E-state index >= 15 is 0 Å². The summed E-state index contributed by atoms with van der Waals surface area (Å²) in [6, 6.07) is 6.70. The third-order valence-corrected chi connectivity index (χ3v) is 3.77. The lowest BCUT2D eigenvalue weighted by atomic mass is 10.1. The molecule has 0 amide bonds. The summed E-state index contributed by atoms with van der Waals surface area (Å²) < 4.78 is 8.10. The Labute approximate surface area is 127 Å². The van der Waals surface area contributed by atoms with Crippen molar-refractivity contribution in [3.8, 4) is 5.75 Å². The Morgan fingerprint density at radius 1 is 1.38 bits per heavy atom. The zero-order chi connectivity index (χ0) is 15.2. The van der Waals surface area contributed by atoms with Crippen LogP contribution in [0.25, 0.3) is 0 Å². The van der Waals surface area contributed by atoms with E-state index in [2.05, 4.69) is 53.8 Å². The van der Waals surface area contributed by atoms with Gasteiger partial charge in [-0.3, -0.25) is 0 Å². The first kappa shape index (κ1) is 15.6. The lowest BCUT2D eigenvalue weighted by Crippen LogP contribution is -2.12. The lowest BCUT2D eigenvalue weighted by Gasteiger charge is -2.15. The van der Waals surface area contributed by atoms with Crippen molar-refractivity contribution in [1.29, 1.82) is 0 Å². The molecular weight excluding hydrogens is 262 g/mol. The summed E-state index contributed by atoms with van der Waals surface area (Å²) in [5.41, 5.74) is 3.55. The molecule has 114 valence electrons. The largest absolute Gasteiger partial charge is 0.487 e. The van der Waals surface area contributed by atoms with Crippen molar-refractivity contribution in [3.05, 3.63) is 47.5 Å². The Hall–Kier alpha value is -1.81. The highest BCUT2D eigenvalue weighted by Crippen LogP contribution is 2.23. The van der Waals surface area contributed by atoms with E-state index in [0.717, 1.165) is 30.0 Å². The molecule has 21 heavy (non-hydrogen) atoms. The van der Waals surface area contributed by atoms with E-state index in [0.29, 0.717) is 12.6 Å². The molecule has 0 bridgehead atoms. The number of nitrogens with one attached hydrogen (secondary N) is 1. The van der Waals surface area contributed by atoms with Crippen LogP contribution in [0.15, 0.2) is 30.7 Å². The summed E-state index contributed by atoms with van der Waals surface area (Å²) in [5.74, 6) is 0.936. The van der Waals surface area contributed by atoms with Gasteiger partial charge in [0, 0.05) is 12.6 Å². The minimum Gasteiger partial charge on any atom is -0.487 e. The van der Waals surface area contributed by atoms with E-state index in [4.69, 9.17) is 4.74 Å². The maximum atomic E-state index is 5.96. The molecule has 1 unspecified atom stereocenters. The van der Waals surface area contributed by atoms with Crippen LogP contribution < -0.4 is 10.1 Å². The van der Waals surface area contributed by atoms with Gasteiger partial charge in [-0.15, -0.1) is 0 Å². The smallest absolute Gasteiger partial charge is 0.130 e. The van der Waals surface area contributed by atoms with Crippen LogP contribution in [0.4, 0.5) is 0 Å². The van der Waals surface area contributed by atoms with Crippen molar-refractivity contribution in [3.63, 3.8) is 0 Å². The van der Waals surface area contributed by atoms with Crippen LogP contribution in [0.2, 0.25) is 0 Å². The average molecular weight is 287 g/mol. The highest BCUT2D eigenvalue weighted by molar-refractivity contribution is 5.37. The third kappa shape index (κ3) is 3.85. The van der Waals surface area contributed by atoms with E-state index in [9.17, 15) is 0 Å². The minimum atomic E-state index is 0.351. The molecule has 0 saturated heterocycles. The fourth-order valence-electron chi connectivity index (χ4n) is 2.33. The number of benzene rings is 1. The zero-order valence-corrected chi connectivity index (χ0v) is 13.4. The minimum absolute atomic E-state index is 0.351. The molecule has 1 heterocycles. The highest BCUT2D eigenvalue weighted by atomic mass is 16.5. The monoisotopic (exact) mass is 287 g/mol. The first-order valence-corrected chi connectivity index (χ1v) is 7.55. The zero-order valence-electron chi connectivity index (χ0n) is 13.4. The molecule has 0 fully saturated rings. The van der Waals surface area contributed by atoms with Crippen LogP contribution in [-0.4, -0.2) is 16.6 Å². The second-order valence-corrected chi connectivity index (χ2v) is 5.40. The number of aromatic nitrogens is 2. The SMILES string of the molecule is CCCn1cncc1COc1ccc(C(C)NC)cc1C. The molecule has 4 nitrogen and oxygen atoms in total. The Bertz CT molecular complexity index is 577. The number of ether oxygens (including phenoxy) is 1. The molecule has 2 rings (SSSR count). The number of rotatable bonds is 7. The maximum absolute atomic E-state index is 5.96. The van der Waals surface area contributed by atoms with Gasteiger partial charge in [0.1, 0.15) is 12.4 Å². The molecule has 0 aliphatic rings. The van der Waals surface area contributed by atoms with Gasteiger partial charge in [0.25, 0.3) is 0 Å². The van der Waals surface area contributed by atoms with E-state index in [1.54, 1.807) is 0 Å². The van der Waals surface area contributed by atoms with Crippen molar-refractivity contribution in [1.82, 2.24) is 14.9 Å². The molecule has 1 atom stereocenters. The van der Waals surface area contributed by atoms with Crippen LogP contribution >= 0.6 is 0 Å². The molecule has 1 N–H and O–H groups in total. The first-order chi connectivity index (χ1) is 10.2. The van der Waals surface area contributed by atoms with Crippen LogP contribution in [0.3, 0.4) is 0 Å². The molecule has 1 aromatic carbocycles. The van der Waals surface area contributed by atoms with Crippen LogP contribution in [-0.2, 0) is 13.2 Å². The standard InChI is InChI=1S/C17H25N3O/c1-5-8-20-12-19-10-16(20)11-21-17-7-6-15(9-13(17)2)14(3)18-4/h6-7,9-10,12,14,18H,5,8,11H2,1-4H3. The predicted octanol–water partition coefficient (Wildman–Crippen LogP) is 3.46. The number of imidazole rings is 1. The molecule has 2 aromatic rings. The van der Waals surface area contributed by atoms with Crippen LogP contribution in [0.5, 0.6) is 5.75 Å². The maximum Gasteiger partial charge on any atom is 0.130 e. The van der Waals surface area contributed by atoms with Gasteiger partial charge in [0.2, 0.25) is 0 Å². The molecule has 0 aliphatic carbocycles. The average Bonchev–Trinajstić information content (AvgIpc) is 2.93. The van der Waals surface area contributed by atoms with Crippen molar-refractivity contribution in [2.45, 2.75) is 46.4 Å². The fourth-order valence-corrected chi connectivity index (χ4v) is 2.33. The molecule has 1 aromatic heterocycles. The second-order valence-electron chi connectivity index (χ2n) is 5.40. The summed E-state index contributed by atoms with van der Waals surface area (Å²) in [5, 5.41) is 3.25. The summed E-state index contributed by atoms with van der Waals surface area (Å²) in [7, 11) is 1.97. The second kappa shape index (κ2) is 7.27. The van der Waals surface area contributed by atoms with E-state index in [-0.39, 0.29) is 0 Å². The van der Waals surface area contributed by atoms with Gasteiger partial charge in [0.15, 0.2) is 0 Å². The van der Waals surface area contributed by atoms with Gasteiger partial charge < -0.3 is 14.6 Å². The van der Waals surface area contributed by atoms with Gasteiger partial charge in [-0.2, -0.15) is 0 Å². The van der Waals surface area contributed by atoms with Gasteiger partial charge >= 0.3 is 0 Å². The summed E-state index contributed by atoms with van der Waals surface area (Å²) in [6.07, 6.45) is 4.84. The molecule has 0 saturated carbocycles. The molecule has 0 aliphatic heterocycles. The summed E-state index contributed by atoms with van der Waals surface area (Å²) in [4.78, 5) is 4.20. The van der Waals surface area contributed by atoms with Gasteiger partial charge in [-0.1, -0.05) is 19.1 Å². The Morgan fingerprint density at radius 3 is 2.86 bits per heavy atom. The Morgan fingerprint density at radius 2 is 2.19 bits per heavy atom. The fraction of sp³-hybridized carbons (Fsp3) is 0.471. The normalized spacial score (nSPS) is 12.4. The van der Waals surface area contributed by atoms with E-state index in [1.807, 2.05) is 19.6 Å². The van der Waals surface area contributed by atoms with Gasteiger partial charge in [-0.25, -0.2) is 4.98 Å². The summed E-state index contributed by atoms with van der Waals surface area (Å²) >= 11 is 0. The van der Waals surface area contributed by atoms with E-state index < -0.39 is 0 Å². The highest BCUT2D eigenvalue weighted by Gasteiger charge is 2.07. The number of hydrogen-bond acceptors (Lipinski definition) is 3. The van der Waals surface area contributed by atoms with Crippen molar-refractivity contribution < 1.29 is 4.74 Å². The number of hydrogen-bond donors (Lipinski definition) is 1. The van der Waals surface area contributed by atoms with Crippen molar-refractivity contribution >= 4 is 0 Å². The number of aryl methyl sites for hydroxylation is 2. The lowest BCUT2D eigenvalue weighted by molar-refractivity contribution is 0.292. The third-order valence-electron chi connectivity index (χ3n) is 3.77. The molecule has 4 heteroatoms. The molecule has 0 spiro atoms. The van der Waals surface area contributed by atoms with Crippen LogP contribution in [0, 0.1) is 6.92 Å². The van der Waals surface area contributed by atoms with Crippen molar-refractivity contribution in [2.75, 3.05) is 7.05 Å². The quantitative estimate of drug-likeness (QED) is 0.847. The van der Waals surface area contributed by atoms with Gasteiger partial charge in [0.05, 0.1) is 18.2 Å². The number of nitrogens with zero attached hydrogens (tertiary/aromatic N) is 2. The molecule has 0 radical (unpaired) electrons. The summed E-state index contributed by atoms with van der Waals surface area (Å²) in [6.45, 7) is 7.94. The van der Waals surface area contributed by atoms with E-state index in [1.165, 1.54) is 5.56 Å². The first-order valence-electron chi connectivity index (χ1n) is 7.55. The van der Waals surface area contributed by atoms with Gasteiger partial charge in [-0.05, 0) is 44.5 Å².